The van der Waals surface area contributed by atoms with Gasteiger partial charge in [0.1, 0.15) is 6.61 Å². The summed E-state index contributed by atoms with van der Waals surface area (Å²) in [5.41, 5.74) is 2.27. The number of carbonyl (C=O) groups is 1. The number of H-pyrrole nitrogens is 1. The molecule has 7 heteroatoms. The van der Waals surface area contributed by atoms with Crippen molar-refractivity contribution in [3.8, 4) is 11.4 Å². The monoisotopic (exact) mass is 295 g/mol. The van der Waals surface area contributed by atoms with Gasteiger partial charge < -0.3 is 4.74 Å². The Balaban J connectivity index is 1.61. The molecule has 0 fully saturated rings. The summed E-state index contributed by atoms with van der Waals surface area (Å²) in [6.45, 7) is 0.219. The Morgan fingerprint density at radius 1 is 1.14 bits per heavy atom. The van der Waals surface area contributed by atoms with Gasteiger partial charge in [0.2, 0.25) is 5.82 Å². The van der Waals surface area contributed by atoms with E-state index in [1.165, 1.54) is 0 Å². The van der Waals surface area contributed by atoms with E-state index in [0.717, 1.165) is 11.1 Å². The Morgan fingerprint density at radius 3 is 2.77 bits per heavy atom. The van der Waals surface area contributed by atoms with Gasteiger partial charge in [-0.3, -0.25) is 5.32 Å². The van der Waals surface area contributed by atoms with Gasteiger partial charge in [0.25, 0.3) is 0 Å². The number of nitrogens with one attached hydrogen (secondary N) is 2. The SMILES string of the molecule is O=C(Nc1cccc(-c2nn[nH]n2)c1)OCc1ccccc1. The lowest BCUT2D eigenvalue weighted by Gasteiger charge is -2.07. The molecule has 3 aromatic rings. The van der Waals surface area contributed by atoms with Crippen molar-refractivity contribution in [2.75, 3.05) is 5.32 Å². The zero-order chi connectivity index (χ0) is 15.2. The summed E-state index contributed by atoms with van der Waals surface area (Å²) in [7, 11) is 0. The quantitative estimate of drug-likeness (QED) is 0.771. The molecule has 0 aliphatic heterocycles. The molecule has 0 saturated carbocycles. The topological polar surface area (TPSA) is 92.8 Å². The van der Waals surface area contributed by atoms with Crippen LogP contribution in [0.5, 0.6) is 0 Å². The second kappa shape index (κ2) is 6.49. The van der Waals surface area contributed by atoms with Crippen LogP contribution in [0.4, 0.5) is 10.5 Å². The van der Waals surface area contributed by atoms with Gasteiger partial charge in [-0.15, -0.1) is 10.2 Å². The number of ether oxygens (including phenoxy) is 1. The van der Waals surface area contributed by atoms with Crippen molar-refractivity contribution >= 4 is 11.8 Å². The lowest BCUT2D eigenvalue weighted by molar-refractivity contribution is 0.155. The normalized spacial score (nSPS) is 10.2. The van der Waals surface area contributed by atoms with Crippen molar-refractivity contribution in [2.24, 2.45) is 0 Å². The third kappa shape index (κ3) is 3.45. The molecular weight excluding hydrogens is 282 g/mol. The minimum Gasteiger partial charge on any atom is -0.444 e. The molecule has 110 valence electrons. The molecule has 0 saturated heterocycles. The van der Waals surface area contributed by atoms with Crippen LogP contribution in [0.2, 0.25) is 0 Å². The highest BCUT2D eigenvalue weighted by Gasteiger charge is 2.07. The van der Waals surface area contributed by atoms with Crippen molar-refractivity contribution in [1.29, 1.82) is 0 Å². The van der Waals surface area contributed by atoms with Gasteiger partial charge in [0, 0.05) is 11.3 Å². The van der Waals surface area contributed by atoms with E-state index >= 15 is 0 Å². The van der Waals surface area contributed by atoms with Gasteiger partial charge >= 0.3 is 6.09 Å². The summed E-state index contributed by atoms with van der Waals surface area (Å²) < 4.78 is 5.16. The predicted molar refractivity (Wildman–Crippen MR) is 79.9 cm³/mol. The molecule has 0 aliphatic carbocycles. The maximum absolute atomic E-state index is 11.8. The Morgan fingerprint density at radius 2 is 2.00 bits per heavy atom. The maximum Gasteiger partial charge on any atom is 0.411 e. The van der Waals surface area contributed by atoms with Crippen LogP contribution in [-0.2, 0) is 11.3 Å². The van der Waals surface area contributed by atoms with Crippen LogP contribution in [0.15, 0.2) is 54.6 Å². The molecule has 3 rings (SSSR count). The minimum atomic E-state index is -0.519. The number of nitrogens with zero attached hydrogens (tertiary/aromatic N) is 3. The molecule has 0 bridgehead atoms. The fraction of sp³-hybridized carbons (Fsp3) is 0.0667. The van der Waals surface area contributed by atoms with Crippen LogP contribution in [0, 0.1) is 0 Å². The predicted octanol–water partition coefficient (Wildman–Crippen LogP) is 2.62. The van der Waals surface area contributed by atoms with Crippen LogP contribution in [-0.4, -0.2) is 26.7 Å². The first-order valence-corrected chi connectivity index (χ1v) is 6.63. The molecule has 1 aromatic heterocycles. The number of benzene rings is 2. The second-order valence-corrected chi connectivity index (χ2v) is 4.50. The van der Waals surface area contributed by atoms with Crippen LogP contribution in [0.3, 0.4) is 0 Å². The number of amides is 1. The highest BCUT2D eigenvalue weighted by atomic mass is 16.5. The standard InChI is InChI=1S/C15H13N5O2/c21-15(22-10-11-5-2-1-3-6-11)16-13-8-4-7-12(9-13)14-17-19-20-18-14/h1-9H,10H2,(H,16,21)(H,17,18,19,20). The number of hydrogen-bond acceptors (Lipinski definition) is 5. The Kier molecular flexibility index (Phi) is 4.05. The van der Waals surface area contributed by atoms with Crippen LogP contribution < -0.4 is 5.32 Å². The Labute approximate surface area is 126 Å². The van der Waals surface area contributed by atoms with Gasteiger partial charge in [0.15, 0.2) is 0 Å². The largest absolute Gasteiger partial charge is 0.444 e. The van der Waals surface area contributed by atoms with Crippen molar-refractivity contribution in [1.82, 2.24) is 20.6 Å². The van der Waals surface area contributed by atoms with E-state index in [1.54, 1.807) is 18.2 Å². The van der Waals surface area contributed by atoms with Crippen molar-refractivity contribution in [3.63, 3.8) is 0 Å². The third-order valence-electron chi connectivity index (χ3n) is 2.93. The zero-order valence-electron chi connectivity index (χ0n) is 11.6. The number of hydrogen-bond donors (Lipinski definition) is 2. The fourth-order valence-electron chi connectivity index (χ4n) is 1.90. The Bertz CT molecular complexity index is 744. The third-order valence-corrected chi connectivity index (χ3v) is 2.93. The number of rotatable bonds is 4. The van der Waals surface area contributed by atoms with Crippen LogP contribution >= 0.6 is 0 Å². The first-order valence-electron chi connectivity index (χ1n) is 6.63. The molecule has 2 N–H and O–H groups in total. The fourth-order valence-corrected chi connectivity index (χ4v) is 1.90. The van der Waals surface area contributed by atoms with Gasteiger partial charge in [-0.05, 0) is 22.9 Å². The average Bonchev–Trinajstić information content (AvgIpc) is 3.09. The molecule has 1 heterocycles. The molecule has 7 nitrogen and oxygen atoms in total. The smallest absolute Gasteiger partial charge is 0.411 e. The summed E-state index contributed by atoms with van der Waals surface area (Å²) in [6, 6.07) is 16.6. The molecular formula is C15H13N5O2. The number of anilines is 1. The highest BCUT2D eigenvalue weighted by molar-refractivity contribution is 5.85. The highest BCUT2D eigenvalue weighted by Crippen LogP contribution is 2.18. The van der Waals surface area contributed by atoms with Crippen molar-refractivity contribution in [2.45, 2.75) is 6.61 Å². The summed E-state index contributed by atoms with van der Waals surface area (Å²) in [6.07, 6.45) is -0.519. The second-order valence-electron chi connectivity index (χ2n) is 4.50. The van der Waals surface area contributed by atoms with E-state index in [0.29, 0.717) is 11.5 Å². The van der Waals surface area contributed by atoms with E-state index in [9.17, 15) is 4.79 Å². The average molecular weight is 295 g/mol. The maximum atomic E-state index is 11.8. The molecule has 0 unspecified atom stereocenters. The lowest BCUT2D eigenvalue weighted by Crippen LogP contribution is -2.13. The molecule has 0 radical (unpaired) electrons. The summed E-state index contributed by atoms with van der Waals surface area (Å²) in [4.78, 5) is 11.8. The van der Waals surface area contributed by atoms with Gasteiger partial charge in [0.05, 0.1) is 0 Å². The first-order chi connectivity index (χ1) is 10.8. The van der Waals surface area contributed by atoms with E-state index in [2.05, 4.69) is 25.9 Å². The molecule has 0 spiro atoms. The summed E-state index contributed by atoms with van der Waals surface area (Å²) in [5.74, 6) is 0.460. The number of aromatic nitrogens is 4. The number of tetrazole rings is 1. The molecule has 2 aromatic carbocycles. The van der Waals surface area contributed by atoms with Crippen LogP contribution in [0.25, 0.3) is 11.4 Å². The van der Waals surface area contributed by atoms with Crippen LogP contribution in [0.1, 0.15) is 5.56 Å². The lowest BCUT2D eigenvalue weighted by atomic mass is 10.2. The summed E-state index contributed by atoms with van der Waals surface area (Å²) in [5, 5.41) is 16.3. The van der Waals surface area contributed by atoms with E-state index in [-0.39, 0.29) is 6.61 Å². The number of carbonyl (C=O) groups excluding carboxylic acids is 1. The Hall–Kier alpha value is -3.22. The minimum absolute atomic E-state index is 0.219. The first kappa shape index (κ1) is 13.7. The molecule has 22 heavy (non-hydrogen) atoms. The van der Waals surface area contributed by atoms with Crippen molar-refractivity contribution < 1.29 is 9.53 Å². The summed E-state index contributed by atoms with van der Waals surface area (Å²) >= 11 is 0. The van der Waals surface area contributed by atoms with Gasteiger partial charge in [-0.25, -0.2) is 4.79 Å². The van der Waals surface area contributed by atoms with Gasteiger partial charge in [-0.2, -0.15) is 5.21 Å². The molecule has 0 atom stereocenters. The van der Waals surface area contributed by atoms with E-state index in [1.807, 2.05) is 36.4 Å². The van der Waals surface area contributed by atoms with Gasteiger partial charge in [-0.1, -0.05) is 42.5 Å². The number of aromatic amines is 1. The van der Waals surface area contributed by atoms with Crippen molar-refractivity contribution in [3.05, 3.63) is 60.2 Å². The zero-order valence-corrected chi connectivity index (χ0v) is 11.6. The van der Waals surface area contributed by atoms with E-state index < -0.39 is 6.09 Å². The van der Waals surface area contributed by atoms with E-state index in [4.69, 9.17) is 4.74 Å². The molecule has 0 aliphatic rings. The molecule has 1 amide bonds.